The number of alkyl carbamates (subject to hydrolysis) is 1. The minimum atomic E-state index is -1.36. The SMILES string of the molecule is CC(C)(C)OC(=O)NC(C(=O)N1CCC[C@H]1C(=O)Nc1ccc2[nH]c(-c3ccc(NC(=O)[C@@H]4CCCN4C(=O)C(NC(=O)O)c4ccccc4)cc3)c(C#N)c2c1)c1ccccc1. The molecule has 0 saturated carbocycles. The summed E-state index contributed by atoms with van der Waals surface area (Å²) in [5, 5.41) is 31.1. The van der Waals surface area contributed by atoms with E-state index in [9.17, 15) is 39.1 Å². The fourth-order valence-electron chi connectivity index (χ4n) is 8.13. The Morgan fingerprint density at radius 1 is 0.730 bits per heavy atom. The fourth-order valence-corrected chi connectivity index (χ4v) is 8.13. The molecule has 3 heterocycles. The molecule has 0 bridgehead atoms. The van der Waals surface area contributed by atoms with Gasteiger partial charge in [-0.15, -0.1) is 0 Å². The maximum Gasteiger partial charge on any atom is 0.408 e. The number of nitrogens with zero attached hydrogens (tertiary/aromatic N) is 3. The number of carbonyl (C=O) groups excluding carboxylic acids is 5. The summed E-state index contributed by atoms with van der Waals surface area (Å²) in [6.07, 6.45) is -0.133. The van der Waals surface area contributed by atoms with E-state index in [-0.39, 0.29) is 0 Å². The maximum absolute atomic E-state index is 14.1. The van der Waals surface area contributed by atoms with E-state index in [0.29, 0.717) is 89.0 Å². The normalized spacial score (nSPS) is 17.0. The summed E-state index contributed by atoms with van der Waals surface area (Å²) in [6, 6.07) is 27.7. The summed E-state index contributed by atoms with van der Waals surface area (Å²) in [5.74, 6) is -1.77. The lowest BCUT2D eigenvalue weighted by atomic mass is 10.0. The van der Waals surface area contributed by atoms with Gasteiger partial charge < -0.3 is 45.9 Å². The van der Waals surface area contributed by atoms with E-state index >= 15 is 0 Å². The number of H-pyrrole nitrogens is 1. The monoisotopic (exact) mass is 852 g/mol. The molecule has 0 radical (unpaired) electrons. The Labute approximate surface area is 363 Å². The molecule has 2 aliphatic heterocycles. The molecule has 4 atom stereocenters. The van der Waals surface area contributed by atoms with Crippen LogP contribution in [0.2, 0.25) is 0 Å². The zero-order valence-electron chi connectivity index (χ0n) is 35.0. The summed E-state index contributed by atoms with van der Waals surface area (Å²) >= 11 is 0. The van der Waals surface area contributed by atoms with E-state index in [2.05, 4.69) is 32.3 Å². The molecule has 324 valence electrons. The lowest BCUT2D eigenvalue weighted by molar-refractivity contribution is -0.138. The van der Waals surface area contributed by atoms with Crippen LogP contribution in [-0.4, -0.2) is 86.5 Å². The molecular formula is C47H48N8O8. The highest BCUT2D eigenvalue weighted by molar-refractivity contribution is 6.02. The summed E-state index contributed by atoms with van der Waals surface area (Å²) in [6.45, 7) is 5.80. The molecule has 4 aromatic carbocycles. The first kappa shape index (κ1) is 43.4. The smallest absolute Gasteiger partial charge is 0.408 e. The number of nitrogens with one attached hydrogen (secondary N) is 5. The van der Waals surface area contributed by atoms with Gasteiger partial charge in [0, 0.05) is 35.4 Å². The van der Waals surface area contributed by atoms with Crippen LogP contribution in [0.3, 0.4) is 0 Å². The fraction of sp³-hybridized carbons (Fsp3) is 0.298. The van der Waals surface area contributed by atoms with Crippen molar-refractivity contribution in [3.8, 4) is 17.3 Å². The first-order valence-corrected chi connectivity index (χ1v) is 20.7. The van der Waals surface area contributed by atoms with Gasteiger partial charge in [0.15, 0.2) is 0 Å². The molecule has 7 rings (SSSR count). The summed E-state index contributed by atoms with van der Waals surface area (Å²) < 4.78 is 5.44. The van der Waals surface area contributed by atoms with E-state index in [1.165, 1.54) is 9.80 Å². The minimum Gasteiger partial charge on any atom is -0.465 e. The van der Waals surface area contributed by atoms with Crippen molar-refractivity contribution in [1.29, 1.82) is 5.26 Å². The lowest BCUT2D eigenvalue weighted by Crippen LogP contribution is -2.49. The third-order valence-electron chi connectivity index (χ3n) is 11.0. The highest BCUT2D eigenvalue weighted by Gasteiger charge is 2.40. The summed E-state index contributed by atoms with van der Waals surface area (Å²) in [4.78, 5) is 85.6. The molecule has 63 heavy (non-hydrogen) atoms. The average molecular weight is 853 g/mol. The number of carbonyl (C=O) groups is 6. The number of aromatic nitrogens is 1. The number of fused-ring (bicyclic) bond motifs is 1. The Kier molecular flexibility index (Phi) is 12.8. The maximum atomic E-state index is 14.1. The Bertz CT molecular complexity index is 2570. The average Bonchev–Trinajstić information content (AvgIpc) is 4.04. The highest BCUT2D eigenvalue weighted by atomic mass is 16.6. The number of hydrogen-bond donors (Lipinski definition) is 6. The quantitative estimate of drug-likeness (QED) is 0.0817. The second-order valence-electron chi connectivity index (χ2n) is 16.5. The molecule has 2 saturated heterocycles. The van der Waals surface area contributed by atoms with Crippen molar-refractivity contribution in [2.75, 3.05) is 23.7 Å². The van der Waals surface area contributed by atoms with Gasteiger partial charge in [0.2, 0.25) is 11.8 Å². The van der Waals surface area contributed by atoms with E-state index in [0.717, 1.165) is 0 Å². The summed E-state index contributed by atoms with van der Waals surface area (Å²) in [7, 11) is 0. The first-order valence-electron chi connectivity index (χ1n) is 20.7. The molecule has 0 spiro atoms. The van der Waals surface area contributed by atoms with Crippen LogP contribution in [0.25, 0.3) is 22.2 Å². The number of anilines is 2. The van der Waals surface area contributed by atoms with Crippen LogP contribution in [0.5, 0.6) is 0 Å². The van der Waals surface area contributed by atoms with Crippen molar-refractivity contribution in [1.82, 2.24) is 25.4 Å². The molecule has 0 aliphatic carbocycles. The Hall–Kier alpha value is -7.67. The number of rotatable bonds is 11. The highest BCUT2D eigenvalue weighted by Crippen LogP contribution is 2.33. The van der Waals surface area contributed by atoms with Crippen LogP contribution >= 0.6 is 0 Å². The van der Waals surface area contributed by atoms with Crippen molar-refractivity contribution >= 4 is 58.1 Å². The second-order valence-corrected chi connectivity index (χ2v) is 16.5. The zero-order valence-corrected chi connectivity index (χ0v) is 35.0. The second kappa shape index (κ2) is 18.5. The Morgan fingerprint density at radius 3 is 1.75 bits per heavy atom. The molecule has 5 aromatic rings. The summed E-state index contributed by atoms with van der Waals surface area (Å²) in [5.41, 5.74) is 3.27. The number of benzene rings is 4. The molecule has 16 nitrogen and oxygen atoms in total. The Morgan fingerprint density at radius 2 is 1.24 bits per heavy atom. The third kappa shape index (κ3) is 9.94. The van der Waals surface area contributed by atoms with Gasteiger partial charge in [0.1, 0.15) is 35.8 Å². The van der Waals surface area contributed by atoms with Crippen LogP contribution in [0.1, 0.15) is 75.2 Å². The van der Waals surface area contributed by atoms with E-state index in [4.69, 9.17) is 4.74 Å². The minimum absolute atomic E-state index is 0.298. The molecule has 6 N–H and O–H groups in total. The van der Waals surface area contributed by atoms with Gasteiger partial charge in [-0.3, -0.25) is 19.2 Å². The predicted octanol–water partition coefficient (Wildman–Crippen LogP) is 6.84. The molecular weight excluding hydrogens is 805 g/mol. The van der Waals surface area contributed by atoms with Gasteiger partial charge in [-0.2, -0.15) is 5.26 Å². The van der Waals surface area contributed by atoms with Crippen LogP contribution in [0.4, 0.5) is 21.0 Å². The van der Waals surface area contributed by atoms with Gasteiger partial charge in [0.05, 0.1) is 11.3 Å². The number of likely N-dealkylation sites (tertiary alicyclic amines) is 2. The van der Waals surface area contributed by atoms with Gasteiger partial charge in [-0.1, -0.05) is 72.8 Å². The van der Waals surface area contributed by atoms with Crippen molar-refractivity contribution in [3.63, 3.8) is 0 Å². The topological polar surface area (TPSA) is 226 Å². The van der Waals surface area contributed by atoms with Crippen LogP contribution < -0.4 is 21.3 Å². The van der Waals surface area contributed by atoms with Crippen LogP contribution in [0, 0.1) is 11.3 Å². The van der Waals surface area contributed by atoms with Crippen molar-refractivity contribution < 1.29 is 38.6 Å². The molecule has 2 fully saturated rings. The third-order valence-corrected chi connectivity index (χ3v) is 11.0. The van der Waals surface area contributed by atoms with Gasteiger partial charge in [0.25, 0.3) is 11.8 Å². The number of ether oxygens (including phenoxy) is 1. The zero-order chi connectivity index (χ0) is 44.8. The standard InChI is InChI=1S/C47H48N8O8/c1-47(2,3)63-46(62)53-40(29-14-8-5-9-15-29)44(59)55-25-11-17-37(55)42(57)50-32-22-23-35-33(26-32)34(27-48)38(51-35)30-18-20-31(21-19-30)49-41(56)36-16-10-24-54(36)43(58)39(52-45(60)61)28-12-6-4-7-13-28/h4-9,12-15,18-23,26,36-37,39-40,51-52H,10-11,16-17,24-25H2,1-3H3,(H,49,56)(H,50,57)(H,53,62)(H,60,61)/t36-,37-,39?,40?/m0/s1. The predicted molar refractivity (Wildman–Crippen MR) is 234 cm³/mol. The van der Waals surface area contributed by atoms with E-state index in [1.54, 1.807) is 124 Å². The van der Waals surface area contributed by atoms with Crippen molar-refractivity contribution in [2.45, 2.75) is 76.2 Å². The van der Waals surface area contributed by atoms with Crippen LogP contribution in [0.15, 0.2) is 103 Å². The number of aromatic amines is 1. The van der Waals surface area contributed by atoms with E-state index in [1.807, 2.05) is 0 Å². The van der Waals surface area contributed by atoms with Gasteiger partial charge in [-0.05, 0) is 93.5 Å². The van der Waals surface area contributed by atoms with Gasteiger partial charge >= 0.3 is 12.2 Å². The molecule has 16 heteroatoms. The molecule has 1 aromatic heterocycles. The number of carboxylic acid groups (broad SMARTS) is 1. The number of nitriles is 1. The van der Waals surface area contributed by atoms with Gasteiger partial charge in [-0.25, -0.2) is 9.59 Å². The largest absolute Gasteiger partial charge is 0.465 e. The molecule has 6 amide bonds. The van der Waals surface area contributed by atoms with E-state index < -0.39 is 65.6 Å². The lowest BCUT2D eigenvalue weighted by Gasteiger charge is -2.29. The number of amides is 6. The van der Waals surface area contributed by atoms with Crippen molar-refractivity contribution in [2.24, 2.45) is 0 Å². The first-order chi connectivity index (χ1) is 30.2. The Balaban J connectivity index is 1.03. The number of hydrogen-bond acceptors (Lipinski definition) is 8. The molecule has 2 unspecified atom stereocenters. The molecule has 2 aliphatic rings. The van der Waals surface area contributed by atoms with Crippen LogP contribution in [-0.2, 0) is 23.9 Å². The van der Waals surface area contributed by atoms with Crippen molar-refractivity contribution in [3.05, 3.63) is 120 Å².